The number of nitrogens with one attached hydrogen (secondary N) is 1. The maximum atomic E-state index is 11.4. The quantitative estimate of drug-likeness (QED) is 0.431. The number of amidine groups is 1. The van der Waals surface area contributed by atoms with Crippen molar-refractivity contribution in [2.75, 3.05) is 31.5 Å². The van der Waals surface area contributed by atoms with E-state index >= 15 is 0 Å². The Hall–Kier alpha value is -1.97. The van der Waals surface area contributed by atoms with Crippen LogP contribution in [0, 0.1) is 0 Å². The Kier molecular flexibility index (Phi) is 6.23. The zero-order chi connectivity index (χ0) is 18.5. The first-order valence-corrected chi connectivity index (χ1v) is 9.52. The zero-order valence-corrected chi connectivity index (χ0v) is 16.1. The minimum atomic E-state index is -0.292. The van der Waals surface area contributed by atoms with E-state index in [0.29, 0.717) is 30.0 Å². The minimum absolute atomic E-state index is 0.0401. The van der Waals surface area contributed by atoms with E-state index in [1.54, 1.807) is 6.20 Å². The highest BCUT2D eigenvalue weighted by Crippen LogP contribution is 2.29. The van der Waals surface area contributed by atoms with Crippen LogP contribution in [0.5, 0.6) is 0 Å². The number of alkyl halides is 1. The van der Waals surface area contributed by atoms with Crippen LogP contribution in [-0.4, -0.2) is 60.4 Å². The van der Waals surface area contributed by atoms with Crippen LogP contribution in [0.3, 0.4) is 0 Å². The first-order chi connectivity index (χ1) is 12.6. The molecule has 3 heterocycles. The van der Waals surface area contributed by atoms with Gasteiger partial charge >= 0.3 is 5.97 Å². The molecule has 2 aliphatic heterocycles. The molecule has 1 aromatic heterocycles. The normalized spacial score (nSPS) is 18.8. The van der Waals surface area contributed by atoms with Crippen LogP contribution in [0.1, 0.15) is 18.2 Å². The minimum Gasteiger partial charge on any atom is -0.469 e. The Bertz CT molecular complexity index is 761. The molecule has 0 amide bonds. The van der Waals surface area contributed by atoms with Crippen LogP contribution in [-0.2, 0) is 20.7 Å². The molecule has 0 aromatic carbocycles. The summed E-state index contributed by atoms with van der Waals surface area (Å²) in [5.41, 5.74) is 1.96. The summed E-state index contributed by atoms with van der Waals surface area (Å²) in [6, 6.07) is 0. The van der Waals surface area contributed by atoms with E-state index in [4.69, 9.17) is 16.3 Å². The van der Waals surface area contributed by atoms with Gasteiger partial charge in [-0.3, -0.25) is 9.80 Å². The summed E-state index contributed by atoms with van der Waals surface area (Å²) in [6.07, 6.45) is 4.14. The average molecular weight is 398 g/mol. The number of carbonyl (C=O) groups excluding carboxylic acids is 1. The number of rotatable bonds is 7. The van der Waals surface area contributed by atoms with Crippen molar-refractivity contribution in [3.05, 3.63) is 22.3 Å². The largest absolute Gasteiger partial charge is 0.469 e. The van der Waals surface area contributed by atoms with Crippen LogP contribution < -0.4 is 5.32 Å². The third-order valence-corrected chi connectivity index (χ3v) is 5.16. The van der Waals surface area contributed by atoms with Crippen molar-refractivity contribution in [3.63, 3.8) is 0 Å². The van der Waals surface area contributed by atoms with Gasteiger partial charge in [-0.2, -0.15) is 5.10 Å². The Morgan fingerprint density at radius 1 is 1.54 bits per heavy atom. The van der Waals surface area contributed by atoms with Gasteiger partial charge in [0.1, 0.15) is 18.1 Å². The Morgan fingerprint density at radius 2 is 2.38 bits per heavy atom. The number of hydrazone groups is 1. The second-order valence-corrected chi connectivity index (χ2v) is 7.23. The van der Waals surface area contributed by atoms with Crippen LogP contribution >= 0.6 is 22.9 Å². The van der Waals surface area contributed by atoms with Gasteiger partial charge in [0, 0.05) is 23.6 Å². The van der Waals surface area contributed by atoms with Crippen molar-refractivity contribution in [2.45, 2.75) is 25.9 Å². The fourth-order valence-electron chi connectivity index (χ4n) is 2.67. The van der Waals surface area contributed by atoms with E-state index < -0.39 is 0 Å². The summed E-state index contributed by atoms with van der Waals surface area (Å²) in [7, 11) is 1.37. The highest BCUT2D eigenvalue weighted by Gasteiger charge is 2.34. The van der Waals surface area contributed by atoms with Gasteiger partial charge in [0.05, 0.1) is 20.1 Å². The summed E-state index contributed by atoms with van der Waals surface area (Å²) in [5.74, 6) is 0.955. The number of hydrogen-bond acceptors (Lipinski definition) is 9. The highest BCUT2D eigenvalue weighted by atomic mass is 35.5. The van der Waals surface area contributed by atoms with Gasteiger partial charge in [0.15, 0.2) is 11.0 Å². The Morgan fingerprint density at radius 3 is 3.15 bits per heavy atom. The lowest BCUT2D eigenvalue weighted by molar-refractivity contribution is -0.139. The lowest BCUT2D eigenvalue weighted by Crippen LogP contribution is -2.29. The molecule has 1 aromatic rings. The number of methoxy groups -OCH3 is 1. The first kappa shape index (κ1) is 18.8. The van der Waals surface area contributed by atoms with Crippen LogP contribution in [0.15, 0.2) is 27.6 Å². The molecule has 8 nitrogen and oxygen atoms in total. The fraction of sp³-hybridized carbons (Fsp3) is 0.500. The molecule has 0 radical (unpaired) electrons. The van der Waals surface area contributed by atoms with E-state index in [9.17, 15) is 4.79 Å². The van der Waals surface area contributed by atoms with Crippen LogP contribution in [0.2, 0.25) is 0 Å². The summed E-state index contributed by atoms with van der Waals surface area (Å²) in [4.78, 5) is 20.8. The van der Waals surface area contributed by atoms with E-state index in [0.717, 1.165) is 22.6 Å². The number of thiazole rings is 1. The molecule has 0 bridgehead atoms. The van der Waals surface area contributed by atoms with Crippen LogP contribution in [0.25, 0.3) is 0 Å². The third kappa shape index (κ3) is 4.22. The molecule has 0 aliphatic carbocycles. The van der Waals surface area contributed by atoms with E-state index in [-0.39, 0.29) is 18.5 Å². The van der Waals surface area contributed by atoms with Crippen molar-refractivity contribution in [2.24, 2.45) is 10.1 Å². The van der Waals surface area contributed by atoms with E-state index in [2.05, 4.69) is 25.1 Å². The molecule has 0 saturated carbocycles. The van der Waals surface area contributed by atoms with Crippen molar-refractivity contribution < 1.29 is 14.3 Å². The molecule has 140 valence electrons. The number of carbonyl (C=O) groups is 1. The van der Waals surface area contributed by atoms with Gasteiger partial charge in [-0.05, 0) is 18.9 Å². The predicted octanol–water partition coefficient (Wildman–Crippen LogP) is 2.23. The number of aromatic nitrogens is 1. The molecule has 1 atom stereocenters. The summed E-state index contributed by atoms with van der Waals surface area (Å²) in [5, 5.41) is 10.1. The molecular formula is C16H20ClN5O3S. The second kappa shape index (κ2) is 8.61. The number of halogens is 1. The Labute approximate surface area is 160 Å². The van der Waals surface area contributed by atoms with E-state index in [1.165, 1.54) is 24.8 Å². The number of aliphatic imine (C=N–C) groups is 1. The van der Waals surface area contributed by atoms with Crippen molar-refractivity contribution in [1.82, 2.24) is 9.99 Å². The highest BCUT2D eigenvalue weighted by molar-refractivity contribution is 7.15. The van der Waals surface area contributed by atoms with Crippen molar-refractivity contribution in [3.8, 4) is 0 Å². The number of ether oxygens (including phenoxy) is 2. The van der Waals surface area contributed by atoms with Gasteiger partial charge in [0.25, 0.3) is 0 Å². The maximum absolute atomic E-state index is 11.4. The smallest absolute Gasteiger partial charge is 0.310 e. The lowest BCUT2D eigenvalue weighted by atomic mass is 10.1. The zero-order valence-electron chi connectivity index (χ0n) is 14.6. The molecule has 0 spiro atoms. The number of anilines is 1. The fourth-order valence-corrected chi connectivity index (χ4v) is 3.58. The Balaban J connectivity index is 1.70. The molecule has 1 N–H and O–H groups in total. The molecule has 0 saturated heterocycles. The number of esters is 1. The topological polar surface area (TPSA) is 88.4 Å². The molecular weight excluding hydrogens is 378 g/mol. The van der Waals surface area contributed by atoms with E-state index in [1.807, 2.05) is 11.9 Å². The molecule has 3 rings (SSSR count). The molecule has 0 fully saturated rings. The maximum Gasteiger partial charge on any atom is 0.310 e. The average Bonchev–Trinajstić information content (AvgIpc) is 3.20. The molecule has 1 unspecified atom stereocenters. The number of fused-ring (bicyclic) bond motifs is 1. The van der Waals surface area contributed by atoms with Gasteiger partial charge in [-0.1, -0.05) is 0 Å². The standard InChI is InChI=1S/C16H20ClN5O3S/c1-10-12(25-5-3-4-17)8-22-14(10)15(19-9-20-22)21-16-18-7-11(26-16)6-13(23)24-2/h7,9,12H,3-6,8H2,1-2H3,(H,18,19,20,21). The third-order valence-electron chi connectivity index (χ3n) is 3.98. The number of hydrogen-bond donors (Lipinski definition) is 1. The monoisotopic (exact) mass is 397 g/mol. The molecule has 10 heteroatoms. The van der Waals surface area contributed by atoms with Gasteiger partial charge in [-0.15, -0.1) is 22.9 Å². The predicted molar refractivity (Wildman–Crippen MR) is 102 cm³/mol. The van der Waals surface area contributed by atoms with Crippen LogP contribution in [0.4, 0.5) is 5.13 Å². The molecule has 26 heavy (non-hydrogen) atoms. The summed E-state index contributed by atoms with van der Waals surface area (Å²) < 4.78 is 10.6. The van der Waals surface area contributed by atoms with Crippen molar-refractivity contribution >= 4 is 46.2 Å². The SMILES string of the molecule is COC(=O)Cc1cnc(NC2=NC=NN3CC(OCCCCl)C(C)=C23)s1. The summed E-state index contributed by atoms with van der Waals surface area (Å²) in [6.45, 7) is 3.27. The lowest BCUT2D eigenvalue weighted by Gasteiger charge is -2.20. The first-order valence-electron chi connectivity index (χ1n) is 8.17. The molecule has 2 aliphatic rings. The number of nitrogens with zero attached hydrogens (tertiary/aromatic N) is 4. The second-order valence-electron chi connectivity index (χ2n) is 5.73. The van der Waals surface area contributed by atoms with Gasteiger partial charge in [0.2, 0.25) is 0 Å². The van der Waals surface area contributed by atoms with Gasteiger partial charge in [-0.25, -0.2) is 9.98 Å². The van der Waals surface area contributed by atoms with Crippen molar-refractivity contribution in [1.29, 1.82) is 0 Å². The van der Waals surface area contributed by atoms with Gasteiger partial charge < -0.3 is 14.8 Å². The summed E-state index contributed by atoms with van der Waals surface area (Å²) >= 11 is 7.10.